The molecular formula is C21H12F4N2O3S. The normalized spacial score (nSPS) is 15.0. The Kier molecular flexibility index (Phi) is 5.47. The van der Waals surface area contributed by atoms with Crippen molar-refractivity contribution in [3.05, 3.63) is 89.0 Å². The van der Waals surface area contributed by atoms with Crippen LogP contribution in [0.2, 0.25) is 0 Å². The van der Waals surface area contributed by atoms with E-state index in [-0.39, 0.29) is 28.4 Å². The van der Waals surface area contributed by atoms with Crippen LogP contribution in [-0.2, 0) is 11.4 Å². The monoisotopic (exact) mass is 448 g/mol. The van der Waals surface area contributed by atoms with Crippen LogP contribution in [0.1, 0.15) is 11.5 Å². The molecule has 2 heterocycles. The molecule has 1 aliphatic rings. The van der Waals surface area contributed by atoms with Gasteiger partial charge in [0, 0.05) is 12.1 Å². The third-order valence-electron chi connectivity index (χ3n) is 4.29. The van der Waals surface area contributed by atoms with Crippen molar-refractivity contribution in [2.45, 2.75) is 6.61 Å². The molecule has 1 aromatic heterocycles. The van der Waals surface area contributed by atoms with E-state index in [4.69, 9.17) is 21.4 Å². The first-order valence-electron chi connectivity index (χ1n) is 8.82. The number of nitrogens with one attached hydrogen (secondary N) is 1. The SMILES string of the molecule is O=C1/C(=C\c2ccc(COc3c(F)c(F)cc(F)c3F)o2)NC(=S)N1c1ccccc1. The summed E-state index contributed by atoms with van der Waals surface area (Å²) in [5.41, 5.74) is 0.744. The molecule has 1 saturated heterocycles. The van der Waals surface area contributed by atoms with Gasteiger partial charge in [-0.15, -0.1) is 0 Å². The summed E-state index contributed by atoms with van der Waals surface area (Å²) in [5, 5.41) is 2.98. The molecule has 2 aromatic carbocycles. The number of furan rings is 1. The lowest BCUT2D eigenvalue weighted by Crippen LogP contribution is -2.30. The second kappa shape index (κ2) is 8.23. The molecule has 1 N–H and O–H groups in total. The van der Waals surface area contributed by atoms with E-state index in [9.17, 15) is 22.4 Å². The van der Waals surface area contributed by atoms with Crippen molar-refractivity contribution in [1.82, 2.24) is 5.32 Å². The lowest BCUT2D eigenvalue weighted by Gasteiger charge is -2.13. The molecule has 0 bridgehead atoms. The number of amides is 1. The van der Waals surface area contributed by atoms with Crippen LogP contribution in [0.3, 0.4) is 0 Å². The lowest BCUT2D eigenvalue weighted by atomic mass is 10.3. The van der Waals surface area contributed by atoms with Gasteiger partial charge in [-0.2, -0.15) is 8.78 Å². The second-order valence-electron chi connectivity index (χ2n) is 6.35. The predicted molar refractivity (Wildman–Crippen MR) is 107 cm³/mol. The minimum Gasteiger partial charge on any atom is -0.479 e. The zero-order valence-corrected chi connectivity index (χ0v) is 16.3. The number of carbonyl (C=O) groups is 1. The Morgan fingerprint density at radius 2 is 1.71 bits per heavy atom. The molecule has 5 nitrogen and oxygen atoms in total. The van der Waals surface area contributed by atoms with E-state index in [1.807, 2.05) is 0 Å². The fraction of sp³-hybridized carbons (Fsp3) is 0.0476. The van der Waals surface area contributed by atoms with Crippen LogP contribution in [0, 0.1) is 23.3 Å². The second-order valence-corrected chi connectivity index (χ2v) is 6.74. The summed E-state index contributed by atoms with van der Waals surface area (Å²) >= 11 is 5.21. The highest BCUT2D eigenvalue weighted by molar-refractivity contribution is 7.80. The lowest BCUT2D eigenvalue weighted by molar-refractivity contribution is -0.113. The van der Waals surface area contributed by atoms with Gasteiger partial charge in [0.25, 0.3) is 5.91 Å². The van der Waals surface area contributed by atoms with E-state index in [0.29, 0.717) is 5.69 Å². The van der Waals surface area contributed by atoms with Gasteiger partial charge in [0.2, 0.25) is 11.6 Å². The number of benzene rings is 2. The maximum atomic E-state index is 13.7. The van der Waals surface area contributed by atoms with Crippen molar-refractivity contribution in [3.8, 4) is 5.75 Å². The summed E-state index contributed by atoms with van der Waals surface area (Å²) in [6, 6.07) is 11.8. The van der Waals surface area contributed by atoms with Crippen LogP contribution >= 0.6 is 12.2 Å². The molecule has 158 valence electrons. The highest BCUT2D eigenvalue weighted by Gasteiger charge is 2.32. The number of rotatable bonds is 5. The van der Waals surface area contributed by atoms with Gasteiger partial charge in [0.15, 0.2) is 22.5 Å². The zero-order chi connectivity index (χ0) is 22.1. The van der Waals surface area contributed by atoms with Crippen molar-refractivity contribution in [1.29, 1.82) is 0 Å². The maximum Gasteiger partial charge on any atom is 0.281 e. The highest BCUT2D eigenvalue weighted by atomic mass is 32.1. The van der Waals surface area contributed by atoms with Crippen molar-refractivity contribution in [3.63, 3.8) is 0 Å². The minimum absolute atomic E-state index is 0.0868. The van der Waals surface area contributed by atoms with Crippen molar-refractivity contribution < 1.29 is 31.5 Å². The summed E-state index contributed by atoms with van der Waals surface area (Å²) in [6.07, 6.45) is 1.39. The Hall–Kier alpha value is -3.66. The Morgan fingerprint density at radius 1 is 1.03 bits per heavy atom. The average molecular weight is 448 g/mol. The first-order chi connectivity index (χ1) is 14.8. The first-order valence-corrected chi connectivity index (χ1v) is 9.22. The number of hydrogen-bond acceptors (Lipinski definition) is 4. The van der Waals surface area contributed by atoms with E-state index in [2.05, 4.69) is 5.32 Å². The van der Waals surface area contributed by atoms with Gasteiger partial charge in [-0.3, -0.25) is 9.69 Å². The predicted octanol–water partition coefficient (Wildman–Crippen LogP) is 4.68. The number of carbonyl (C=O) groups excluding carboxylic acids is 1. The van der Waals surface area contributed by atoms with E-state index in [1.165, 1.54) is 23.1 Å². The third-order valence-corrected chi connectivity index (χ3v) is 4.58. The van der Waals surface area contributed by atoms with Gasteiger partial charge in [-0.25, -0.2) is 8.78 Å². The molecule has 31 heavy (non-hydrogen) atoms. The van der Waals surface area contributed by atoms with E-state index >= 15 is 0 Å². The van der Waals surface area contributed by atoms with Crippen molar-refractivity contribution in [2.24, 2.45) is 0 Å². The van der Waals surface area contributed by atoms with E-state index < -0.39 is 41.5 Å². The quantitative estimate of drug-likeness (QED) is 0.266. The van der Waals surface area contributed by atoms with Gasteiger partial charge in [0.05, 0.1) is 5.69 Å². The highest BCUT2D eigenvalue weighted by Crippen LogP contribution is 2.28. The third kappa shape index (κ3) is 4.02. The summed E-state index contributed by atoms with van der Waals surface area (Å²) in [7, 11) is 0. The number of ether oxygens (including phenoxy) is 1. The van der Waals surface area contributed by atoms with E-state index in [1.54, 1.807) is 30.3 Å². The molecule has 0 aliphatic carbocycles. The number of anilines is 1. The summed E-state index contributed by atoms with van der Waals surface area (Å²) < 4.78 is 64.1. The number of nitrogens with zero attached hydrogens (tertiary/aromatic N) is 1. The molecular weight excluding hydrogens is 436 g/mol. The van der Waals surface area contributed by atoms with Crippen LogP contribution in [0.4, 0.5) is 23.2 Å². The molecule has 0 spiro atoms. The van der Waals surface area contributed by atoms with Gasteiger partial charge in [-0.1, -0.05) is 18.2 Å². The number of hydrogen-bond donors (Lipinski definition) is 1. The van der Waals surface area contributed by atoms with Gasteiger partial charge in [-0.05, 0) is 36.5 Å². The van der Waals surface area contributed by atoms with Crippen LogP contribution in [0.15, 0.2) is 58.6 Å². The maximum absolute atomic E-state index is 13.7. The molecule has 1 amide bonds. The van der Waals surface area contributed by atoms with Crippen molar-refractivity contribution in [2.75, 3.05) is 4.90 Å². The molecule has 0 saturated carbocycles. The minimum atomic E-state index is -1.65. The van der Waals surface area contributed by atoms with Crippen LogP contribution in [0.5, 0.6) is 5.75 Å². The number of para-hydroxylation sites is 1. The molecule has 3 aromatic rings. The Balaban J connectivity index is 1.49. The summed E-state index contributed by atoms with van der Waals surface area (Å²) in [4.78, 5) is 14.0. The van der Waals surface area contributed by atoms with Gasteiger partial charge >= 0.3 is 0 Å². The molecule has 4 rings (SSSR count). The van der Waals surface area contributed by atoms with E-state index in [0.717, 1.165) is 0 Å². The Labute approximate surface area is 178 Å². The molecule has 0 atom stereocenters. The zero-order valence-electron chi connectivity index (χ0n) is 15.5. The van der Waals surface area contributed by atoms with Crippen molar-refractivity contribution >= 4 is 35.0 Å². The van der Waals surface area contributed by atoms with Crippen LogP contribution < -0.4 is 15.0 Å². The summed E-state index contributed by atoms with van der Waals surface area (Å²) in [6.45, 7) is -0.504. The smallest absolute Gasteiger partial charge is 0.281 e. The molecule has 0 radical (unpaired) electrons. The van der Waals surface area contributed by atoms with Crippen LogP contribution in [0.25, 0.3) is 6.08 Å². The fourth-order valence-corrected chi connectivity index (χ4v) is 3.16. The molecule has 0 unspecified atom stereocenters. The standard InChI is InChI=1S/C21H12F4N2O3S/c22-14-9-15(23)18(25)19(17(14)24)29-10-13-7-6-12(30-13)8-16-20(28)27(21(31)26-16)11-4-2-1-3-5-11/h1-9H,10H2,(H,26,31)/b16-8+. The van der Waals surface area contributed by atoms with Gasteiger partial charge in [0.1, 0.15) is 23.8 Å². The Morgan fingerprint density at radius 3 is 2.39 bits per heavy atom. The number of thiocarbonyl (C=S) groups is 1. The Bertz CT molecular complexity index is 1180. The first kappa shape index (κ1) is 20.6. The van der Waals surface area contributed by atoms with Crippen LogP contribution in [-0.4, -0.2) is 11.0 Å². The molecule has 1 fully saturated rings. The number of halogens is 4. The molecule has 10 heteroatoms. The average Bonchev–Trinajstić information content (AvgIpc) is 3.31. The topological polar surface area (TPSA) is 54.7 Å². The van der Waals surface area contributed by atoms with Gasteiger partial charge < -0.3 is 14.5 Å². The molecule has 1 aliphatic heterocycles. The fourth-order valence-electron chi connectivity index (χ4n) is 2.86. The largest absolute Gasteiger partial charge is 0.479 e. The summed E-state index contributed by atoms with van der Waals surface area (Å²) in [5.74, 6) is -7.73.